The van der Waals surface area contributed by atoms with Crippen LogP contribution in [-0.2, 0) is 11.2 Å². The summed E-state index contributed by atoms with van der Waals surface area (Å²) < 4.78 is 0. The third-order valence-corrected chi connectivity index (χ3v) is 3.42. The molecule has 0 saturated carbocycles. The molecule has 1 aliphatic carbocycles. The largest absolute Gasteiger partial charge is 0.299 e. The highest BCUT2D eigenvalue weighted by Crippen LogP contribution is 2.21. The molecule has 1 nitrogen and oxygen atoms in total. The van der Waals surface area contributed by atoms with Crippen molar-refractivity contribution < 1.29 is 4.79 Å². The van der Waals surface area contributed by atoms with E-state index in [1.54, 1.807) is 0 Å². The minimum absolute atomic E-state index is 0.379. The summed E-state index contributed by atoms with van der Waals surface area (Å²) in [6, 6.07) is 8.86. The van der Waals surface area contributed by atoms with E-state index in [2.05, 4.69) is 44.2 Å². The maximum atomic E-state index is 11.1. The molecule has 0 saturated heterocycles. The van der Waals surface area contributed by atoms with Gasteiger partial charge >= 0.3 is 0 Å². The highest BCUT2D eigenvalue weighted by molar-refractivity contribution is 5.81. The average molecular weight is 228 g/mol. The first-order valence-corrected chi connectivity index (χ1v) is 6.43. The zero-order valence-corrected chi connectivity index (χ0v) is 10.7. The number of carbonyl (C=O) groups excluding carboxylic acids is 1. The van der Waals surface area contributed by atoms with E-state index in [1.165, 1.54) is 16.7 Å². The van der Waals surface area contributed by atoms with E-state index in [9.17, 15) is 4.79 Å². The fourth-order valence-electron chi connectivity index (χ4n) is 2.21. The monoisotopic (exact) mass is 228 g/mol. The maximum Gasteiger partial charge on any atom is 0.136 e. The van der Waals surface area contributed by atoms with Gasteiger partial charge in [-0.15, -0.1) is 0 Å². The van der Waals surface area contributed by atoms with Gasteiger partial charge in [0.15, 0.2) is 0 Å². The van der Waals surface area contributed by atoms with E-state index in [4.69, 9.17) is 0 Å². The molecule has 1 heteroatoms. The van der Waals surface area contributed by atoms with Crippen LogP contribution in [0.4, 0.5) is 0 Å². The van der Waals surface area contributed by atoms with Crippen molar-refractivity contribution in [1.29, 1.82) is 0 Å². The van der Waals surface area contributed by atoms with Crippen molar-refractivity contribution in [2.45, 2.75) is 45.4 Å². The molecule has 0 spiro atoms. The van der Waals surface area contributed by atoms with Gasteiger partial charge in [-0.05, 0) is 29.9 Å². The average Bonchev–Trinajstić information content (AvgIpc) is 2.33. The van der Waals surface area contributed by atoms with Gasteiger partial charge in [0.1, 0.15) is 5.78 Å². The molecule has 17 heavy (non-hydrogen) atoms. The van der Waals surface area contributed by atoms with Gasteiger partial charge < -0.3 is 0 Å². The highest BCUT2D eigenvalue weighted by Gasteiger charge is 2.10. The van der Waals surface area contributed by atoms with Gasteiger partial charge in [-0.1, -0.05) is 49.8 Å². The van der Waals surface area contributed by atoms with Crippen LogP contribution < -0.4 is 0 Å². The maximum absolute atomic E-state index is 11.1. The summed E-state index contributed by atoms with van der Waals surface area (Å²) in [5, 5.41) is 0. The van der Waals surface area contributed by atoms with E-state index in [0.717, 1.165) is 19.3 Å². The lowest BCUT2D eigenvalue weighted by Gasteiger charge is -2.13. The molecule has 0 fully saturated rings. The van der Waals surface area contributed by atoms with E-state index >= 15 is 0 Å². The van der Waals surface area contributed by atoms with Crippen LogP contribution >= 0.6 is 0 Å². The minimum Gasteiger partial charge on any atom is -0.299 e. The number of hydrogen-bond donors (Lipinski definition) is 0. The third kappa shape index (κ3) is 3.29. The number of benzene rings is 1. The van der Waals surface area contributed by atoms with Gasteiger partial charge in [0.05, 0.1) is 0 Å². The van der Waals surface area contributed by atoms with E-state index in [0.29, 0.717) is 18.1 Å². The van der Waals surface area contributed by atoms with Crippen LogP contribution in [0.15, 0.2) is 35.9 Å². The Hall–Kier alpha value is -1.37. The second-order valence-electron chi connectivity index (χ2n) is 5.18. The molecule has 1 aliphatic rings. The molecule has 0 radical (unpaired) electrons. The van der Waals surface area contributed by atoms with Gasteiger partial charge in [-0.2, -0.15) is 0 Å². The summed E-state index contributed by atoms with van der Waals surface area (Å²) >= 11 is 0. The molecule has 0 atom stereocenters. The van der Waals surface area contributed by atoms with Crippen LogP contribution in [0.3, 0.4) is 0 Å². The van der Waals surface area contributed by atoms with E-state index < -0.39 is 0 Å². The number of Topliss-reactive ketones (excluding diaryl/α,β-unsaturated/α-hetero) is 1. The molecule has 0 heterocycles. The predicted octanol–water partition coefficient (Wildman–Crippen LogP) is 4.03. The Morgan fingerprint density at radius 2 is 1.82 bits per heavy atom. The molecule has 0 amide bonds. The fraction of sp³-hybridized carbons (Fsp3) is 0.438. The van der Waals surface area contributed by atoms with Crippen LogP contribution in [0.25, 0.3) is 0 Å². The predicted molar refractivity (Wildman–Crippen MR) is 71.2 cm³/mol. The first-order valence-electron chi connectivity index (χ1n) is 6.43. The van der Waals surface area contributed by atoms with Crippen molar-refractivity contribution in [1.82, 2.24) is 0 Å². The normalized spacial score (nSPS) is 16.2. The molecule has 1 aromatic carbocycles. The SMILES string of the molecule is CC(C)c1ccc(CC2=CCC(=O)CC2)cc1. The van der Waals surface area contributed by atoms with Gasteiger partial charge in [-0.25, -0.2) is 0 Å². The minimum atomic E-state index is 0.379. The van der Waals surface area contributed by atoms with Gasteiger partial charge in [0, 0.05) is 12.8 Å². The number of carbonyl (C=O) groups is 1. The van der Waals surface area contributed by atoms with Crippen LogP contribution in [-0.4, -0.2) is 5.78 Å². The second kappa shape index (κ2) is 5.31. The van der Waals surface area contributed by atoms with Crippen molar-refractivity contribution >= 4 is 5.78 Å². The summed E-state index contributed by atoms with van der Waals surface area (Å²) in [5.41, 5.74) is 4.17. The van der Waals surface area contributed by atoms with E-state index in [1.807, 2.05) is 0 Å². The topological polar surface area (TPSA) is 17.1 Å². The lowest BCUT2D eigenvalue weighted by Crippen LogP contribution is -2.05. The smallest absolute Gasteiger partial charge is 0.136 e. The molecule has 0 N–H and O–H groups in total. The fourth-order valence-corrected chi connectivity index (χ4v) is 2.21. The van der Waals surface area contributed by atoms with Crippen molar-refractivity contribution in [2.24, 2.45) is 0 Å². The molecule has 0 unspecified atom stereocenters. The van der Waals surface area contributed by atoms with Crippen molar-refractivity contribution in [3.05, 3.63) is 47.0 Å². The Balaban J connectivity index is 2.02. The van der Waals surface area contributed by atoms with Gasteiger partial charge in [0.2, 0.25) is 0 Å². The molecular formula is C16H20O. The molecule has 0 bridgehead atoms. The molecule has 0 aromatic heterocycles. The quantitative estimate of drug-likeness (QED) is 0.714. The first-order chi connectivity index (χ1) is 8.15. The Morgan fingerprint density at radius 1 is 1.12 bits per heavy atom. The van der Waals surface area contributed by atoms with Crippen LogP contribution in [0.2, 0.25) is 0 Å². The highest BCUT2D eigenvalue weighted by atomic mass is 16.1. The van der Waals surface area contributed by atoms with Crippen molar-refractivity contribution in [2.75, 3.05) is 0 Å². The summed E-state index contributed by atoms with van der Waals surface area (Å²) in [7, 11) is 0. The van der Waals surface area contributed by atoms with Crippen molar-refractivity contribution in [3.63, 3.8) is 0 Å². The number of ketones is 1. The van der Waals surface area contributed by atoms with Crippen LogP contribution in [0.1, 0.15) is 50.2 Å². The molecule has 2 rings (SSSR count). The summed E-state index contributed by atoms with van der Waals surface area (Å²) in [5.74, 6) is 0.972. The summed E-state index contributed by atoms with van der Waals surface area (Å²) in [6.07, 6.45) is 5.44. The number of allylic oxidation sites excluding steroid dienone is 2. The van der Waals surface area contributed by atoms with Crippen LogP contribution in [0.5, 0.6) is 0 Å². The molecular weight excluding hydrogens is 208 g/mol. The van der Waals surface area contributed by atoms with Gasteiger partial charge in [0.25, 0.3) is 0 Å². The Morgan fingerprint density at radius 3 is 2.35 bits per heavy atom. The summed E-state index contributed by atoms with van der Waals surface area (Å²) in [6.45, 7) is 4.43. The molecule has 0 aliphatic heterocycles. The lowest BCUT2D eigenvalue weighted by molar-refractivity contribution is -0.118. The summed E-state index contributed by atoms with van der Waals surface area (Å²) in [4.78, 5) is 11.1. The molecule has 1 aromatic rings. The zero-order chi connectivity index (χ0) is 12.3. The Labute approximate surface area is 104 Å². The zero-order valence-electron chi connectivity index (χ0n) is 10.7. The van der Waals surface area contributed by atoms with Crippen molar-refractivity contribution in [3.8, 4) is 0 Å². The Kier molecular flexibility index (Phi) is 3.78. The molecule has 90 valence electrons. The lowest BCUT2D eigenvalue weighted by atomic mass is 9.92. The third-order valence-electron chi connectivity index (χ3n) is 3.42. The standard InChI is InChI=1S/C16H20O/c1-12(2)15-7-3-13(4-8-15)11-14-5-9-16(17)10-6-14/h3-5,7-8,12H,6,9-11H2,1-2H3. The Bertz CT molecular complexity index is 423. The second-order valence-corrected chi connectivity index (χ2v) is 5.18. The van der Waals surface area contributed by atoms with E-state index in [-0.39, 0.29) is 0 Å². The number of hydrogen-bond acceptors (Lipinski definition) is 1. The number of rotatable bonds is 3. The van der Waals surface area contributed by atoms with Gasteiger partial charge in [-0.3, -0.25) is 4.79 Å². The first kappa shape index (κ1) is 12.1. The van der Waals surface area contributed by atoms with Crippen LogP contribution in [0, 0.1) is 0 Å².